The minimum Gasteiger partial charge on any atom is -0.369 e. The number of hydrogen-bond donors (Lipinski definition) is 1. The van der Waals surface area contributed by atoms with E-state index in [1.807, 2.05) is 0 Å². The molecule has 4 heterocycles. The molecule has 0 aliphatic carbocycles. The van der Waals surface area contributed by atoms with E-state index in [0.717, 1.165) is 4.48 Å². The first-order chi connectivity index (χ1) is 11.0. The Morgan fingerprint density at radius 1 is 1.00 bits per heavy atom. The van der Waals surface area contributed by atoms with Gasteiger partial charge in [0.15, 0.2) is 16.6 Å². The highest BCUT2D eigenvalue weighted by Gasteiger charge is 3.15. The van der Waals surface area contributed by atoms with Crippen LogP contribution in [0.2, 0.25) is 0 Å². The summed E-state index contributed by atoms with van der Waals surface area (Å²) in [5, 5.41) is 0. The van der Waals surface area contributed by atoms with E-state index < -0.39 is 0 Å². The SMILES string of the molecule is CC12c3ccccc3[C@@]3(C)C4[C@@](CC(N)=O)(c5ccccc51)[N+]423. The van der Waals surface area contributed by atoms with Crippen LogP contribution < -0.4 is 5.73 Å². The molecule has 5 atom stereocenters. The van der Waals surface area contributed by atoms with Crippen molar-refractivity contribution in [3.63, 3.8) is 0 Å². The zero-order chi connectivity index (χ0) is 15.8. The Hall–Kier alpha value is -2.13. The summed E-state index contributed by atoms with van der Waals surface area (Å²) < 4.78 is 1.01. The van der Waals surface area contributed by atoms with Crippen molar-refractivity contribution in [3.05, 3.63) is 70.8 Å². The molecule has 2 fully saturated rings. The van der Waals surface area contributed by atoms with Crippen molar-refractivity contribution >= 4 is 5.91 Å². The molecule has 0 radical (unpaired) electrons. The largest absolute Gasteiger partial charge is 0.369 e. The van der Waals surface area contributed by atoms with E-state index in [1.54, 1.807) is 0 Å². The molecule has 2 aromatic rings. The fraction of sp³-hybridized carbons (Fsp3) is 0.350. The van der Waals surface area contributed by atoms with Gasteiger partial charge in [-0.05, 0) is 6.92 Å². The maximum atomic E-state index is 11.9. The summed E-state index contributed by atoms with van der Waals surface area (Å²) >= 11 is 0. The van der Waals surface area contributed by atoms with Gasteiger partial charge in [-0.1, -0.05) is 48.5 Å². The lowest BCUT2D eigenvalue weighted by atomic mass is 9.73. The van der Waals surface area contributed by atoms with Gasteiger partial charge in [0, 0.05) is 29.2 Å². The predicted octanol–water partition coefficient (Wildman–Crippen LogP) is 2.48. The third kappa shape index (κ3) is 0.786. The first-order valence-corrected chi connectivity index (χ1v) is 8.36. The summed E-state index contributed by atoms with van der Waals surface area (Å²) in [6.07, 6.45) is 0.466. The van der Waals surface area contributed by atoms with E-state index in [9.17, 15) is 4.79 Å². The molecular formula is C20H19N2O+. The molecule has 0 saturated carbocycles. The number of fused-ring (bicyclic) bond motifs is 8. The third-order valence-electron chi connectivity index (χ3n) is 7.66. The number of primary amides is 1. The Morgan fingerprint density at radius 3 is 2.13 bits per heavy atom. The van der Waals surface area contributed by atoms with E-state index in [4.69, 9.17) is 5.73 Å². The van der Waals surface area contributed by atoms with Crippen molar-refractivity contribution in [2.24, 2.45) is 5.73 Å². The number of amides is 1. The van der Waals surface area contributed by atoms with Gasteiger partial charge in [0.1, 0.15) is 0 Å². The molecule has 0 aromatic heterocycles. The van der Waals surface area contributed by atoms with Gasteiger partial charge in [-0.15, -0.1) is 0 Å². The van der Waals surface area contributed by atoms with Gasteiger partial charge >= 0.3 is 0 Å². The van der Waals surface area contributed by atoms with E-state index in [0.29, 0.717) is 12.5 Å². The van der Waals surface area contributed by atoms with Crippen LogP contribution in [0.25, 0.3) is 0 Å². The maximum Gasteiger partial charge on any atom is 0.224 e. The molecule has 114 valence electrons. The predicted molar refractivity (Wildman–Crippen MR) is 86.2 cm³/mol. The van der Waals surface area contributed by atoms with Crippen LogP contribution in [0.5, 0.6) is 0 Å². The van der Waals surface area contributed by atoms with E-state index in [1.165, 1.54) is 22.3 Å². The molecule has 3 unspecified atom stereocenters. The zero-order valence-electron chi connectivity index (χ0n) is 13.3. The molecule has 2 saturated heterocycles. The van der Waals surface area contributed by atoms with Gasteiger partial charge in [-0.3, -0.25) is 9.28 Å². The number of benzene rings is 2. The summed E-state index contributed by atoms with van der Waals surface area (Å²) in [6.45, 7) is 4.76. The average Bonchev–Trinajstić information content (AvgIpc) is 3.34. The van der Waals surface area contributed by atoms with E-state index in [-0.39, 0.29) is 22.5 Å². The van der Waals surface area contributed by atoms with Gasteiger partial charge in [-0.25, -0.2) is 0 Å². The average molecular weight is 303 g/mol. The molecule has 3 nitrogen and oxygen atoms in total. The lowest BCUT2D eigenvalue weighted by molar-refractivity contribution is -0.832. The first kappa shape index (κ1) is 12.3. The van der Waals surface area contributed by atoms with Crippen LogP contribution in [0.4, 0.5) is 0 Å². The summed E-state index contributed by atoms with van der Waals surface area (Å²) in [7, 11) is 0. The Labute approximate surface area is 135 Å². The van der Waals surface area contributed by atoms with E-state index in [2.05, 4.69) is 62.4 Å². The number of nitrogens with two attached hydrogens (primary N) is 1. The van der Waals surface area contributed by atoms with Gasteiger partial charge < -0.3 is 5.73 Å². The topological polar surface area (TPSA) is 43.1 Å². The monoisotopic (exact) mass is 303 g/mol. The number of quaternary nitrogens is 1. The van der Waals surface area contributed by atoms with Crippen LogP contribution in [0.1, 0.15) is 42.5 Å². The van der Waals surface area contributed by atoms with Crippen molar-refractivity contribution in [1.82, 2.24) is 0 Å². The van der Waals surface area contributed by atoms with Crippen LogP contribution in [-0.2, 0) is 21.4 Å². The molecule has 2 aromatic carbocycles. The van der Waals surface area contributed by atoms with Crippen molar-refractivity contribution in [2.75, 3.05) is 0 Å². The first-order valence-electron chi connectivity index (χ1n) is 8.36. The van der Waals surface area contributed by atoms with Crippen LogP contribution in [0.3, 0.4) is 0 Å². The number of hydrogen-bond acceptors (Lipinski definition) is 1. The van der Waals surface area contributed by atoms with Crippen LogP contribution in [0.15, 0.2) is 48.5 Å². The summed E-state index contributed by atoms with van der Waals surface area (Å²) in [6, 6.07) is 18.1. The Bertz CT molecular complexity index is 952. The molecule has 4 aliphatic rings. The molecule has 6 rings (SSSR count). The van der Waals surface area contributed by atoms with Crippen molar-refractivity contribution in [3.8, 4) is 0 Å². The van der Waals surface area contributed by atoms with Crippen LogP contribution in [0, 0.1) is 0 Å². The fourth-order valence-electron chi connectivity index (χ4n) is 7.37. The standard InChI is InChI=1S/C20H18N2O/c1-18-12-7-3-4-8-13(12)19(2)17-20(11-16(21)23,22(17,18)19)15-10-6-5-9-14(15)18/h3-10,17H,11H2,1-2H3,(H-,21,23)/p+1/t17?,18?,19-,20+,22?/m0/s1. The van der Waals surface area contributed by atoms with Gasteiger partial charge in [0.05, 0.1) is 6.42 Å². The van der Waals surface area contributed by atoms with Crippen molar-refractivity contribution in [1.29, 1.82) is 0 Å². The Morgan fingerprint density at radius 2 is 1.52 bits per heavy atom. The molecule has 1 spiro atoms. The molecule has 23 heavy (non-hydrogen) atoms. The third-order valence-corrected chi connectivity index (χ3v) is 7.66. The molecule has 4 aliphatic heterocycles. The Kier molecular flexibility index (Phi) is 1.59. The number of carbonyl (C=O) groups is 1. The highest BCUT2D eigenvalue weighted by molar-refractivity contribution is 5.79. The lowest BCUT2D eigenvalue weighted by Gasteiger charge is -2.30. The molecule has 2 N–H and O–H groups in total. The molecule has 1 amide bonds. The van der Waals surface area contributed by atoms with Gasteiger partial charge in [-0.2, -0.15) is 0 Å². The second kappa shape index (κ2) is 2.96. The highest BCUT2D eigenvalue weighted by Crippen LogP contribution is 2.97. The van der Waals surface area contributed by atoms with Gasteiger partial charge in [0.2, 0.25) is 11.9 Å². The second-order valence-electron chi connectivity index (χ2n) is 8.00. The summed E-state index contributed by atoms with van der Waals surface area (Å²) in [5.74, 6) is -0.179. The van der Waals surface area contributed by atoms with Crippen molar-refractivity contribution < 1.29 is 9.28 Å². The van der Waals surface area contributed by atoms with Crippen LogP contribution in [-0.4, -0.2) is 16.4 Å². The number of rotatable bonds is 2. The summed E-state index contributed by atoms with van der Waals surface area (Å²) in [5.41, 5.74) is 11.4. The zero-order valence-corrected chi connectivity index (χ0v) is 13.3. The smallest absolute Gasteiger partial charge is 0.224 e. The summed E-state index contributed by atoms with van der Waals surface area (Å²) in [4.78, 5) is 11.9. The normalized spacial score (nSPS) is 45.7. The minimum atomic E-state index is -0.179. The Balaban J connectivity index is 1.74. The number of carbonyl (C=O) groups excluding carboxylic acids is 1. The molecule has 0 bridgehead atoms. The van der Waals surface area contributed by atoms with Crippen LogP contribution >= 0.6 is 0 Å². The molecular weight excluding hydrogens is 284 g/mol. The highest BCUT2D eigenvalue weighted by atomic mass is 16.1. The quantitative estimate of drug-likeness (QED) is 0.672. The lowest BCUT2D eigenvalue weighted by Crippen LogP contribution is -2.45. The van der Waals surface area contributed by atoms with Crippen molar-refractivity contribution in [2.45, 2.75) is 42.9 Å². The molecule has 3 heteroatoms. The minimum absolute atomic E-state index is 0.0396. The number of nitrogens with zero attached hydrogens (tertiary/aromatic N) is 1. The van der Waals surface area contributed by atoms with Gasteiger partial charge in [0.25, 0.3) is 0 Å². The van der Waals surface area contributed by atoms with E-state index >= 15 is 0 Å². The fourth-order valence-corrected chi connectivity index (χ4v) is 7.37. The maximum absolute atomic E-state index is 11.9. The second-order valence-corrected chi connectivity index (χ2v) is 8.00.